The average molecular weight is 547 g/mol. The SMILES string of the molecule is Cc1cc(C)n(-c2cc(Nc3ccc(I)cc3Cl)c(C(=O)O)cc2Br)n1. The van der Waals surface area contributed by atoms with Crippen molar-refractivity contribution in [3.8, 4) is 5.69 Å². The van der Waals surface area contributed by atoms with Crippen molar-refractivity contribution in [2.45, 2.75) is 13.8 Å². The molecule has 0 saturated carbocycles. The molecule has 1 heterocycles. The molecule has 0 bridgehead atoms. The highest BCUT2D eigenvalue weighted by Crippen LogP contribution is 2.33. The van der Waals surface area contributed by atoms with Crippen molar-refractivity contribution >= 4 is 67.5 Å². The van der Waals surface area contributed by atoms with Crippen LogP contribution in [-0.2, 0) is 0 Å². The minimum atomic E-state index is -1.03. The summed E-state index contributed by atoms with van der Waals surface area (Å²) in [5, 5.41) is 17.7. The molecule has 0 saturated heterocycles. The molecule has 0 unspecified atom stereocenters. The Hall–Kier alpha value is -1.58. The van der Waals surface area contributed by atoms with E-state index in [-0.39, 0.29) is 5.56 Å². The van der Waals surface area contributed by atoms with Crippen LogP contribution < -0.4 is 5.32 Å². The third-order valence-corrected chi connectivity index (χ3v) is 5.37. The van der Waals surface area contributed by atoms with Gasteiger partial charge in [0.1, 0.15) is 0 Å². The largest absolute Gasteiger partial charge is 0.478 e. The molecule has 5 nitrogen and oxygen atoms in total. The van der Waals surface area contributed by atoms with Gasteiger partial charge in [0, 0.05) is 13.7 Å². The van der Waals surface area contributed by atoms with Crippen LogP contribution in [0.1, 0.15) is 21.7 Å². The summed E-state index contributed by atoms with van der Waals surface area (Å²) in [6, 6.07) is 10.8. The Morgan fingerprint density at radius 2 is 1.96 bits per heavy atom. The van der Waals surface area contributed by atoms with Crippen LogP contribution in [0.4, 0.5) is 11.4 Å². The van der Waals surface area contributed by atoms with E-state index in [1.54, 1.807) is 16.8 Å². The number of aromatic carboxylic acids is 1. The lowest BCUT2D eigenvalue weighted by atomic mass is 10.1. The predicted molar refractivity (Wildman–Crippen MR) is 115 cm³/mol. The van der Waals surface area contributed by atoms with E-state index in [9.17, 15) is 9.90 Å². The number of aromatic nitrogens is 2. The smallest absolute Gasteiger partial charge is 0.337 e. The molecule has 0 spiro atoms. The van der Waals surface area contributed by atoms with E-state index in [4.69, 9.17) is 11.6 Å². The van der Waals surface area contributed by atoms with Crippen molar-refractivity contribution in [1.82, 2.24) is 9.78 Å². The minimum absolute atomic E-state index is 0.136. The monoisotopic (exact) mass is 545 g/mol. The van der Waals surface area contributed by atoms with E-state index in [0.29, 0.717) is 20.9 Å². The van der Waals surface area contributed by atoms with Gasteiger partial charge in [-0.2, -0.15) is 5.10 Å². The summed E-state index contributed by atoms with van der Waals surface area (Å²) in [5.74, 6) is -1.03. The number of carboxylic acids is 1. The highest BCUT2D eigenvalue weighted by molar-refractivity contribution is 14.1. The summed E-state index contributed by atoms with van der Waals surface area (Å²) in [7, 11) is 0. The van der Waals surface area contributed by atoms with Crippen LogP contribution >= 0.6 is 50.1 Å². The molecule has 2 aromatic carbocycles. The lowest BCUT2D eigenvalue weighted by Gasteiger charge is -2.15. The second kappa shape index (κ2) is 7.58. The topological polar surface area (TPSA) is 67.2 Å². The minimum Gasteiger partial charge on any atom is -0.478 e. The fourth-order valence-electron chi connectivity index (χ4n) is 2.61. The quantitative estimate of drug-likeness (QED) is 0.397. The first kappa shape index (κ1) is 19.2. The van der Waals surface area contributed by atoms with Gasteiger partial charge in [0.25, 0.3) is 0 Å². The van der Waals surface area contributed by atoms with E-state index in [1.165, 1.54) is 0 Å². The summed E-state index contributed by atoms with van der Waals surface area (Å²) in [6.07, 6.45) is 0. The first-order valence-electron chi connectivity index (χ1n) is 7.59. The van der Waals surface area contributed by atoms with Crippen LogP contribution in [0.2, 0.25) is 5.02 Å². The van der Waals surface area contributed by atoms with E-state index >= 15 is 0 Å². The summed E-state index contributed by atoms with van der Waals surface area (Å²) in [4.78, 5) is 11.7. The zero-order valence-corrected chi connectivity index (χ0v) is 18.3. The van der Waals surface area contributed by atoms with Gasteiger partial charge >= 0.3 is 5.97 Å². The molecule has 3 aromatic rings. The number of carboxylic acid groups (broad SMARTS) is 1. The second-order valence-electron chi connectivity index (χ2n) is 5.74. The van der Waals surface area contributed by atoms with E-state index in [1.807, 2.05) is 38.1 Å². The maximum absolute atomic E-state index is 11.7. The highest BCUT2D eigenvalue weighted by atomic mass is 127. The number of rotatable bonds is 4. The van der Waals surface area contributed by atoms with Gasteiger partial charge in [-0.3, -0.25) is 0 Å². The number of nitrogens with zero attached hydrogens (tertiary/aromatic N) is 2. The van der Waals surface area contributed by atoms with Crippen molar-refractivity contribution < 1.29 is 9.90 Å². The van der Waals surface area contributed by atoms with Gasteiger partial charge in [-0.15, -0.1) is 0 Å². The summed E-state index contributed by atoms with van der Waals surface area (Å²) < 4.78 is 3.40. The van der Waals surface area contributed by atoms with Crippen molar-refractivity contribution in [2.24, 2.45) is 0 Å². The van der Waals surface area contributed by atoms with Gasteiger partial charge in [-0.05, 0) is 88.8 Å². The maximum Gasteiger partial charge on any atom is 0.337 e. The van der Waals surface area contributed by atoms with Crippen LogP contribution in [0.15, 0.2) is 40.9 Å². The fourth-order valence-corrected chi connectivity index (χ4v) is 4.03. The van der Waals surface area contributed by atoms with Gasteiger partial charge in [-0.25, -0.2) is 9.48 Å². The Morgan fingerprint density at radius 3 is 2.54 bits per heavy atom. The highest BCUT2D eigenvalue weighted by Gasteiger charge is 2.17. The molecule has 0 aliphatic rings. The van der Waals surface area contributed by atoms with Gasteiger partial charge in [0.2, 0.25) is 0 Å². The Morgan fingerprint density at radius 1 is 1.23 bits per heavy atom. The lowest BCUT2D eigenvalue weighted by molar-refractivity contribution is 0.0698. The van der Waals surface area contributed by atoms with Crippen molar-refractivity contribution in [2.75, 3.05) is 5.32 Å². The Labute approximate surface area is 177 Å². The van der Waals surface area contributed by atoms with Crippen LogP contribution in [0.5, 0.6) is 0 Å². The van der Waals surface area contributed by atoms with Crippen LogP contribution in [0.3, 0.4) is 0 Å². The second-order valence-corrected chi connectivity index (χ2v) is 8.25. The molecule has 0 aliphatic heterocycles. The number of benzene rings is 2. The molecule has 0 radical (unpaired) electrons. The molecule has 134 valence electrons. The molecule has 0 fully saturated rings. The van der Waals surface area contributed by atoms with Crippen molar-refractivity contribution in [3.05, 3.63) is 66.4 Å². The standard InChI is InChI=1S/C18H14BrClIN3O2/c1-9-5-10(2)24(23-9)17-8-16(12(18(25)26)7-13(17)19)22-15-4-3-11(21)6-14(15)20/h3-8,22H,1-2H3,(H,25,26). The summed E-state index contributed by atoms with van der Waals surface area (Å²) in [5.41, 5.74) is 3.78. The predicted octanol–water partition coefficient (Wildman–Crippen LogP) is 5.95. The first-order valence-corrected chi connectivity index (χ1v) is 9.84. The Balaban J connectivity index is 2.14. The third kappa shape index (κ3) is 3.89. The van der Waals surface area contributed by atoms with Crippen molar-refractivity contribution in [1.29, 1.82) is 0 Å². The molecule has 3 rings (SSSR count). The molecule has 0 aliphatic carbocycles. The zero-order valence-electron chi connectivity index (χ0n) is 13.8. The van der Waals surface area contributed by atoms with Crippen LogP contribution in [0.25, 0.3) is 5.69 Å². The number of halogens is 3. The number of hydrogen-bond donors (Lipinski definition) is 2. The summed E-state index contributed by atoms with van der Waals surface area (Å²) in [6.45, 7) is 3.86. The van der Waals surface area contributed by atoms with Gasteiger partial charge in [-0.1, -0.05) is 11.6 Å². The van der Waals surface area contributed by atoms with E-state index in [0.717, 1.165) is 20.6 Å². The van der Waals surface area contributed by atoms with Gasteiger partial charge in [0.05, 0.1) is 33.3 Å². The molecule has 2 N–H and O–H groups in total. The number of aryl methyl sites for hydroxylation is 2. The number of anilines is 2. The number of nitrogens with one attached hydrogen (secondary N) is 1. The number of hydrogen-bond acceptors (Lipinski definition) is 3. The maximum atomic E-state index is 11.7. The third-order valence-electron chi connectivity index (χ3n) is 3.76. The van der Waals surface area contributed by atoms with Crippen LogP contribution in [0, 0.1) is 17.4 Å². The lowest BCUT2D eigenvalue weighted by Crippen LogP contribution is -2.07. The normalized spacial score (nSPS) is 10.8. The zero-order chi connectivity index (χ0) is 19.0. The molecule has 0 atom stereocenters. The fraction of sp³-hybridized carbons (Fsp3) is 0.111. The molecular weight excluding hydrogens is 532 g/mol. The average Bonchev–Trinajstić information content (AvgIpc) is 2.89. The van der Waals surface area contributed by atoms with Crippen molar-refractivity contribution in [3.63, 3.8) is 0 Å². The number of carbonyl (C=O) groups is 1. The Bertz CT molecular complexity index is 1020. The summed E-state index contributed by atoms with van der Waals surface area (Å²) >= 11 is 11.9. The molecular formula is C18H14BrClIN3O2. The first-order chi connectivity index (χ1) is 12.3. The molecule has 26 heavy (non-hydrogen) atoms. The van der Waals surface area contributed by atoms with Gasteiger partial charge < -0.3 is 10.4 Å². The van der Waals surface area contributed by atoms with Crippen LogP contribution in [-0.4, -0.2) is 20.9 Å². The molecule has 0 amide bonds. The van der Waals surface area contributed by atoms with Gasteiger partial charge in [0.15, 0.2) is 0 Å². The molecule has 1 aromatic heterocycles. The molecule has 8 heteroatoms. The Kier molecular flexibility index (Phi) is 5.59. The van der Waals surface area contributed by atoms with E-state index < -0.39 is 5.97 Å². The van der Waals surface area contributed by atoms with E-state index in [2.05, 4.69) is 48.9 Å².